The van der Waals surface area contributed by atoms with E-state index in [9.17, 15) is 0 Å². The Kier molecular flexibility index (Phi) is 2.11. The van der Waals surface area contributed by atoms with Crippen LogP contribution in [0.1, 0.15) is 24.5 Å². The minimum atomic E-state index is 0.643. The van der Waals surface area contributed by atoms with Crippen LogP contribution in [-0.2, 0) is 0 Å². The van der Waals surface area contributed by atoms with Crippen LogP contribution in [0.5, 0.6) is 0 Å². The Morgan fingerprint density at radius 2 is 2.21 bits per heavy atom. The van der Waals surface area contributed by atoms with Crippen molar-refractivity contribution in [1.29, 1.82) is 0 Å². The summed E-state index contributed by atoms with van der Waals surface area (Å²) in [6.45, 7) is 0. The molecule has 1 fully saturated rings. The average molecular weight is 254 g/mol. The van der Waals surface area contributed by atoms with Crippen LogP contribution in [0.2, 0.25) is 0 Å². The molecule has 3 aromatic heterocycles. The van der Waals surface area contributed by atoms with E-state index < -0.39 is 0 Å². The van der Waals surface area contributed by atoms with Gasteiger partial charge in [0.1, 0.15) is 5.82 Å². The van der Waals surface area contributed by atoms with Crippen LogP contribution in [0.4, 0.5) is 5.82 Å². The Balaban J connectivity index is 1.89. The first-order valence-corrected chi connectivity index (χ1v) is 6.42. The van der Waals surface area contributed by atoms with Crippen LogP contribution in [0.15, 0.2) is 30.9 Å². The van der Waals surface area contributed by atoms with Crippen molar-refractivity contribution < 1.29 is 0 Å². The van der Waals surface area contributed by atoms with Crippen molar-refractivity contribution >= 4 is 11.5 Å². The maximum atomic E-state index is 4.62. The molecule has 3 heterocycles. The van der Waals surface area contributed by atoms with Gasteiger partial charge in [0, 0.05) is 31.6 Å². The summed E-state index contributed by atoms with van der Waals surface area (Å²) in [5.41, 5.74) is 1.96. The molecule has 3 aromatic rings. The Morgan fingerprint density at radius 3 is 3.00 bits per heavy atom. The highest BCUT2D eigenvalue weighted by Crippen LogP contribution is 2.39. The number of imidazole rings is 1. The maximum absolute atomic E-state index is 4.62. The van der Waals surface area contributed by atoms with E-state index in [1.54, 1.807) is 6.20 Å². The van der Waals surface area contributed by atoms with Gasteiger partial charge in [-0.25, -0.2) is 14.6 Å². The number of hydrogen-bond acceptors (Lipinski definition) is 4. The van der Waals surface area contributed by atoms with Gasteiger partial charge >= 0.3 is 0 Å². The second-order valence-electron chi connectivity index (χ2n) is 4.82. The molecule has 6 heteroatoms. The molecule has 0 aliphatic heterocycles. The fourth-order valence-corrected chi connectivity index (χ4v) is 2.24. The van der Waals surface area contributed by atoms with E-state index in [1.165, 1.54) is 12.8 Å². The van der Waals surface area contributed by atoms with Gasteiger partial charge in [0.2, 0.25) is 0 Å². The Labute approximate surface area is 110 Å². The topological polar surface area (TPSA) is 60.0 Å². The first kappa shape index (κ1) is 10.5. The molecule has 1 aliphatic rings. The van der Waals surface area contributed by atoms with Crippen molar-refractivity contribution in [3.8, 4) is 5.82 Å². The zero-order chi connectivity index (χ0) is 12.8. The number of nitrogens with one attached hydrogen (secondary N) is 1. The van der Waals surface area contributed by atoms with E-state index >= 15 is 0 Å². The summed E-state index contributed by atoms with van der Waals surface area (Å²) in [6.07, 6.45) is 10.1. The summed E-state index contributed by atoms with van der Waals surface area (Å²) in [6, 6.07) is 2.07. The molecule has 6 nitrogen and oxygen atoms in total. The van der Waals surface area contributed by atoms with Crippen LogP contribution in [0, 0.1) is 0 Å². The van der Waals surface area contributed by atoms with E-state index in [0.29, 0.717) is 5.92 Å². The van der Waals surface area contributed by atoms with Gasteiger partial charge in [-0.15, -0.1) is 0 Å². The first-order chi connectivity index (χ1) is 9.35. The normalized spacial score (nSPS) is 15.0. The summed E-state index contributed by atoms with van der Waals surface area (Å²) in [4.78, 5) is 8.91. The molecule has 0 aromatic carbocycles. The molecule has 96 valence electrons. The molecule has 0 atom stereocenters. The number of rotatable bonds is 3. The van der Waals surface area contributed by atoms with Gasteiger partial charge in [-0.3, -0.25) is 0 Å². The Bertz CT molecular complexity index is 737. The van der Waals surface area contributed by atoms with Crippen LogP contribution >= 0.6 is 0 Å². The summed E-state index contributed by atoms with van der Waals surface area (Å²) in [5, 5.41) is 7.68. The molecule has 4 rings (SSSR count). The van der Waals surface area contributed by atoms with Gasteiger partial charge in [-0.1, -0.05) is 0 Å². The van der Waals surface area contributed by atoms with Crippen molar-refractivity contribution in [3.05, 3.63) is 36.5 Å². The highest BCUT2D eigenvalue weighted by atomic mass is 15.3. The highest BCUT2D eigenvalue weighted by molar-refractivity contribution is 5.57. The first-order valence-electron chi connectivity index (χ1n) is 6.42. The number of hydrogen-bond donors (Lipinski definition) is 1. The van der Waals surface area contributed by atoms with E-state index in [4.69, 9.17) is 0 Å². The monoisotopic (exact) mass is 254 g/mol. The molecule has 19 heavy (non-hydrogen) atoms. The zero-order valence-electron chi connectivity index (χ0n) is 10.6. The lowest BCUT2D eigenvalue weighted by Crippen LogP contribution is -2.06. The number of anilines is 1. The van der Waals surface area contributed by atoms with Gasteiger partial charge in [0.25, 0.3) is 0 Å². The van der Waals surface area contributed by atoms with Gasteiger partial charge in [-0.2, -0.15) is 5.10 Å². The van der Waals surface area contributed by atoms with Crippen molar-refractivity contribution in [2.45, 2.75) is 18.8 Å². The minimum absolute atomic E-state index is 0.643. The van der Waals surface area contributed by atoms with E-state index in [1.807, 2.05) is 34.7 Å². The third-order valence-electron chi connectivity index (χ3n) is 3.43. The maximum Gasteiger partial charge on any atom is 0.199 e. The third kappa shape index (κ3) is 1.68. The fourth-order valence-electron chi connectivity index (χ4n) is 2.24. The van der Waals surface area contributed by atoms with Crippen molar-refractivity contribution in [1.82, 2.24) is 24.1 Å². The van der Waals surface area contributed by atoms with Crippen molar-refractivity contribution in [2.75, 3.05) is 12.4 Å². The predicted molar refractivity (Wildman–Crippen MR) is 71.6 cm³/mol. The van der Waals surface area contributed by atoms with E-state index in [0.717, 1.165) is 23.0 Å². The predicted octanol–water partition coefficient (Wildman–Crippen LogP) is 1.83. The lowest BCUT2D eigenvalue weighted by atomic mass is 10.3. The zero-order valence-corrected chi connectivity index (χ0v) is 10.6. The van der Waals surface area contributed by atoms with Crippen LogP contribution in [0.3, 0.4) is 0 Å². The highest BCUT2D eigenvalue weighted by Gasteiger charge is 2.26. The van der Waals surface area contributed by atoms with Gasteiger partial charge in [-0.05, 0) is 18.9 Å². The van der Waals surface area contributed by atoms with E-state index in [2.05, 4.69) is 26.4 Å². The molecule has 0 saturated heterocycles. The molecular formula is C13H14N6. The molecule has 0 radical (unpaired) electrons. The number of nitrogens with zero attached hydrogens (tertiary/aromatic N) is 5. The molecule has 1 saturated carbocycles. The average Bonchev–Trinajstić information content (AvgIpc) is 3.00. The largest absolute Gasteiger partial charge is 0.372 e. The van der Waals surface area contributed by atoms with Crippen LogP contribution < -0.4 is 5.32 Å². The van der Waals surface area contributed by atoms with Crippen LogP contribution in [-0.4, -0.2) is 31.2 Å². The smallest absolute Gasteiger partial charge is 0.199 e. The standard InChI is InChI=1S/C13H14N6/c1-14-11-8-18-7-5-15-12(18)13(16-11)19-6-4-10(17-19)9-2-3-9/h4-9,14H,2-3H2,1H3. The molecule has 0 spiro atoms. The fraction of sp³-hybridized carbons (Fsp3) is 0.308. The second-order valence-corrected chi connectivity index (χ2v) is 4.82. The van der Waals surface area contributed by atoms with Gasteiger partial charge < -0.3 is 9.72 Å². The van der Waals surface area contributed by atoms with E-state index in [-0.39, 0.29) is 0 Å². The second kappa shape index (κ2) is 3.81. The summed E-state index contributed by atoms with van der Waals surface area (Å²) in [5.74, 6) is 2.19. The lowest BCUT2D eigenvalue weighted by Gasteiger charge is -2.06. The van der Waals surface area contributed by atoms with Crippen LogP contribution in [0.25, 0.3) is 11.5 Å². The van der Waals surface area contributed by atoms with Gasteiger partial charge in [0.05, 0.1) is 11.9 Å². The third-order valence-corrected chi connectivity index (χ3v) is 3.43. The lowest BCUT2D eigenvalue weighted by molar-refractivity contribution is 0.811. The molecular weight excluding hydrogens is 240 g/mol. The van der Waals surface area contributed by atoms with Gasteiger partial charge in [0.15, 0.2) is 11.5 Å². The summed E-state index contributed by atoms with van der Waals surface area (Å²) >= 11 is 0. The minimum Gasteiger partial charge on any atom is -0.372 e. The Hall–Kier alpha value is -2.37. The number of aromatic nitrogens is 5. The molecule has 1 N–H and O–H groups in total. The summed E-state index contributed by atoms with van der Waals surface area (Å²) < 4.78 is 3.77. The summed E-state index contributed by atoms with van der Waals surface area (Å²) in [7, 11) is 1.85. The number of fused-ring (bicyclic) bond motifs is 1. The Morgan fingerprint density at radius 1 is 1.32 bits per heavy atom. The molecule has 0 amide bonds. The molecule has 0 unspecified atom stereocenters. The van der Waals surface area contributed by atoms with Crippen molar-refractivity contribution in [2.24, 2.45) is 0 Å². The molecule has 0 bridgehead atoms. The molecule has 1 aliphatic carbocycles. The van der Waals surface area contributed by atoms with Crippen molar-refractivity contribution in [3.63, 3.8) is 0 Å². The quantitative estimate of drug-likeness (QED) is 0.774. The SMILES string of the molecule is CNc1cn2ccnc2c(-n2ccc(C3CC3)n2)n1.